The van der Waals surface area contributed by atoms with E-state index in [0.29, 0.717) is 5.69 Å². The van der Waals surface area contributed by atoms with Gasteiger partial charge in [-0.3, -0.25) is 4.79 Å². The molecule has 19 heavy (non-hydrogen) atoms. The van der Waals surface area contributed by atoms with Crippen LogP contribution < -0.4 is 5.32 Å². The third-order valence-corrected chi connectivity index (χ3v) is 2.82. The average Bonchev–Trinajstić information content (AvgIpc) is 2.85. The predicted octanol–water partition coefficient (Wildman–Crippen LogP) is 2.26. The fourth-order valence-corrected chi connectivity index (χ4v) is 1.78. The number of halogens is 1. The molecule has 0 saturated carbocycles. The third kappa shape index (κ3) is 2.25. The fraction of sp³-hybridized carbons (Fsp3) is 0. The normalized spacial score (nSPS) is 10.6. The van der Waals surface area contributed by atoms with Gasteiger partial charge in [-0.25, -0.2) is 15.0 Å². The summed E-state index contributed by atoms with van der Waals surface area (Å²) in [6.07, 6.45) is 2.73. The van der Waals surface area contributed by atoms with E-state index in [0.717, 1.165) is 11.0 Å². The van der Waals surface area contributed by atoms with Crippen molar-refractivity contribution >= 4 is 34.2 Å². The van der Waals surface area contributed by atoms with E-state index in [1.165, 1.54) is 12.5 Å². The Labute approximate surface area is 112 Å². The Morgan fingerprint density at radius 2 is 2.16 bits per heavy atom. The summed E-state index contributed by atoms with van der Waals surface area (Å²) in [4.78, 5) is 26.7. The minimum Gasteiger partial charge on any atom is -0.334 e. The Hall–Kier alpha value is -2.47. The van der Waals surface area contributed by atoms with Crippen molar-refractivity contribution in [3.05, 3.63) is 47.8 Å². The van der Waals surface area contributed by atoms with Crippen LogP contribution in [0.15, 0.2) is 36.8 Å². The molecule has 0 spiro atoms. The van der Waals surface area contributed by atoms with Crippen molar-refractivity contribution in [3.8, 4) is 0 Å². The molecular weight excluding hydrogens is 266 g/mol. The number of hydrogen-bond donors (Lipinski definition) is 2. The van der Waals surface area contributed by atoms with E-state index >= 15 is 0 Å². The summed E-state index contributed by atoms with van der Waals surface area (Å²) >= 11 is 5.84. The Balaban J connectivity index is 1.90. The SMILES string of the molecule is O=C(Nc1cncnc1Cl)c1nc2ccccc2[nH]1. The molecule has 0 aliphatic heterocycles. The van der Waals surface area contributed by atoms with Crippen LogP contribution in [0.1, 0.15) is 10.6 Å². The number of amides is 1. The van der Waals surface area contributed by atoms with Gasteiger partial charge in [-0.15, -0.1) is 0 Å². The van der Waals surface area contributed by atoms with E-state index in [1.807, 2.05) is 24.3 Å². The summed E-state index contributed by atoms with van der Waals surface area (Å²) in [7, 11) is 0. The second kappa shape index (κ2) is 4.66. The number of H-pyrrole nitrogens is 1. The summed E-state index contributed by atoms with van der Waals surface area (Å²) in [5.74, 6) is -0.186. The summed E-state index contributed by atoms with van der Waals surface area (Å²) < 4.78 is 0. The van der Waals surface area contributed by atoms with Gasteiger partial charge in [-0.2, -0.15) is 0 Å². The van der Waals surface area contributed by atoms with Gasteiger partial charge in [-0.1, -0.05) is 23.7 Å². The largest absolute Gasteiger partial charge is 0.334 e. The smallest absolute Gasteiger partial charge is 0.291 e. The van der Waals surface area contributed by atoms with Crippen molar-refractivity contribution in [3.63, 3.8) is 0 Å². The Morgan fingerprint density at radius 3 is 2.95 bits per heavy atom. The second-order valence-corrected chi connectivity index (χ2v) is 4.14. The highest BCUT2D eigenvalue weighted by atomic mass is 35.5. The first-order valence-corrected chi connectivity index (χ1v) is 5.83. The first kappa shape index (κ1) is 11.6. The van der Waals surface area contributed by atoms with Crippen LogP contribution in [-0.4, -0.2) is 25.8 Å². The molecule has 6 nitrogen and oxygen atoms in total. The number of aromatic amines is 1. The van der Waals surface area contributed by atoms with E-state index in [9.17, 15) is 4.79 Å². The van der Waals surface area contributed by atoms with Gasteiger partial charge in [0.05, 0.1) is 22.9 Å². The van der Waals surface area contributed by atoms with Gasteiger partial charge in [0, 0.05) is 0 Å². The molecular formula is C12H8ClN5O. The number of imidazole rings is 1. The lowest BCUT2D eigenvalue weighted by molar-refractivity contribution is 0.101. The van der Waals surface area contributed by atoms with Crippen LogP contribution in [0.4, 0.5) is 5.69 Å². The predicted molar refractivity (Wildman–Crippen MR) is 71.1 cm³/mol. The Kier molecular flexibility index (Phi) is 2.85. The maximum Gasteiger partial charge on any atom is 0.291 e. The number of hydrogen-bond acceptors (Lipinski definition) is 4. The highest BCUT2D eigenvalue weighted by Gasteiger charge is 2.13. The number of carbonyl (C=O) groups is 1. The van der Waals surface area contributed by atoms with Gasteiger partial charge in [0.1, 0.15) is 6.33 Å². The first-order valence-electron chi connectivity index (χ1n) is 5.45. The van der Waals surface area contributed by atoms with Gasteiger partial charge in [0.2, 0.25) is 0 Å². The third-order valence-electron chi connectivity index (χ3n) is 2.52. The number of carbonyl (C=O) groups excluding carboxylic acids is 1. The zero-order valence-corrected chi connectivity index (χ0v) is 10.3. The zero-order valence-electron chi connectivity index (χ0n) is 9.59. The molecule has 2 heterocycles. The molecule has 0 aliphatic carbocycles. The number of aromatic nitrogens is 4. The average molecular weight is 274 g/mol. The highest BCUT2D eigenvalue weighted by molar-refractivity contribution is 6.32. The Morgan fingerprint density at radius 1 is 1.32 bits per heavy atom. The maximum atomic E-state index is 12.0. The van der Waals surface area contributed by atoms with E-state index in [-0.39, 0.29) is 11.0 Å². The highest BCUT2D eigenvalue weighted by Crippen LogP contribution is 2.17. The Bertz CT molecular complexity index is 721. The fourth-order valence-electron chi connectivity index (χ4n) is 1.64. The summed E-state index contributed by atoms with van der Waals surface area (Å²) in [6, 6.07) is 7.38. The van der Waals surface area contributed by atoms with Crippen LogP contribution in [0.5, 0.6) is 0 Å². The quantitative estimate of drug-likeness (QED) is 0.702. The van der Waals surface area contributed by atoms with Crippen molar-refractivity contribution in [2.75, 3.05) is 5.32 Å². The van der Waals surface area contributed by atoms with Crippen molar-refractivity contribution in [1.29, 1.82) is 0 Å². The van der Waals surface area contributed by atoms with Crippen LogP contribution in [-0.2, 0) is 0 Å². The van der Waals surface area contributed by atoms with Gasteiger partial charge in [-0.05, 0) is 12.1 Å². The monoisotopic (exact) mass is 273 g/mol. The molecule has 1 amide bonds. The number of nitrogens with zero attached hydrogens (tertiary/aromatic N) is 3. The molecule has 0 unspecified atom stereocenters. The summed E-state index contributed by atoms with van der Waals surface area (Å²) in [5, 5.41) is 2.78. The summed E-state index contributed by atoms with van der Waals surface area (Å²) in [5.41, 5.74) is 1.86. The molecule has 0 fully saturated rings. The first-order chi connectivity index (χ1) is 9.24. The lowest BCUT2D eigenvalue weighted by Crippen LogP contribution is -2.14. The lowest BCUT2D eigenvalue weighted by atomic mass is 10.3. The maximum absolute atomic E-state index is 12.0. The number of para-hydroxylation sites is 2. The molecule has 0 aliphatic rings. The summed E-state index contributed by atoms with van der Waals surface area (Å²) in [6.45, 7) is 0. The number of rotatable bonds is 2. The second-order valence-electron chi connectivity index (χ2n) is 3.78. The zero-order chi connectivity index (χ0) is 13.2. The van der Waals surface area contributed by atoms with Gasteiger partial charge in [0.25, 0.3) is 5.91 Å². The van der Waals surface area contributed by atoms with Crippen LogP contribution in [0.3, 0.4) is 0 Å². The molecule has 0 bridgehead atoms. The molecule has 2 N–H and O–H groups in total. The van der Waals surface area contributed by atoms with E-state index < -0.39 is 5.91 Å². The molecule has 0 radical (unpaired) electrons. The molecule has 0 atom stereocenters. The van der Waals surface area contributed by atoms with Crippen LogP contribution in [0, 0.1) is 0 Å². The van der Waals surface area contributed by atoms with Gasteiger partial charge < -0.3 is 10.3 Å². The molecule has 2 aromatic heterocycles. The topological polar surface area (TPSA) is 83.6 Å². The molecule has 3 aromatic rings. The van der Waals surface area contributed by atoms with E-state index in [4.69, 9.17) is 11.6 Å². The molecule has 7 heteroatoms. The standard InChI is InChI=1S/C12H8ClN5O/c13-10-9(5-14-6-15-10)18-12(19)11-16-7-3-1-2-4-8(7)17-11/h1-6H,(H,16,17)(H,18,19). The number of fused-ring (bicyclic) bond motifs is 1. The number of benzene rings is 1. The lowest BCUT2D eigenvalue weighted by Gasteiger charge is -2.02. The molecule has 94 valence electrons. The van der Waals surface area contributed by atoms with Gasteiger partial charge >= 0.3 is 0 Å². The van der Waals surface area contributed by atoms with Crippen molar-refractivity contribution in [1.82, 2.24) is 19.9 Å². The minimum absolute atomic E-state index is 0.180. The van der Waals surface area contributed by atoms with E-state index in [1.54, 1.807) is 0 Å². The molecule has 0 saturated heterocycles. The van der Waals surface area contributed by atoms with Crippen LogP contribution in [0.25, 0.3) is 11.0 Å². The number of nitrogens with one attached hydrogen (secondary N) is 2. The van der Waals surface area contributed by atoms with Crippen LogP contribution in [0.2, 0.25) is 5.15 Å². The van der Waals surface area contributed by atoms with Gasteiger partial charge in [0.15, 0.2) is 11.0 Å². The van der Waals surface area contributed by atoms with Crippen LogP contribution >= 0.6 is 11.6 Å². The molecule has 1 aromatic carbocycles. The van der Waals surface area contributed by atoms with Crippen molar-refractivity contribution < 1.29 is 4.79 Å². The van der Waals surface area contributed by atoms with Crippen molar-refractivity contribution in [2.45, 2.75) is 0 Å². The minimum atomic E-state index is -0.395. The van der Waals surface area contributed by atoms with E-state index in [2.05, 4.69) is 25.3 Å². The molecule has 3 rings (SSSR count). The number of anilines is 1. The van der Waals surface area contributed by atoms with Crippen molar-refractivity contribution in [2.24, 2.45) is 0 Å².